The SMILES string of the molecule is C[C@@H]1CN([C@H](C)CO)C(=O)c2cccc(NC(=O)c3ccc(-c4nccs4)cc3)c2O[C@H]1CN(C)Cc1ccc2c(c1)OCO2. The highest BCUT2D eigenvalue weighted by molar-refractivity contribution is 7.13. The fourth-order valence-electron chi connectivity index (χ4n) is 5.61. The maximum absolute atomic E-state index is 13.8. The number of hydrogen-bond acceptors (Lipinski definition) is 9. The second kappa shape index (κ2) is 13.3. The van der Waals surface area contributed by atoms with Gasteiger partial charge in [0.2, 0.25) is 6.79 Å². The minimum atomic E-state index is -0.396. The van der Waals surface area contributed by atoms with Crippen molar-refractivity contribution in [1.82, 2.24) is 14.8 Å². The number of para-hydroxylation sites is 1. The lowest BCUT2D eigenvalue weighted by atomic mass is 9.98. The molecule has 1 aromatic heterocycles. The summed E-state index contributed by atoms with van der Waals surface area (Å²) in [5.74, 6) is 1.13. The van der Waals surface area contributed by atoms with Crippen LogP contribution in [0.5, 0.6) is 17.2 Å². The van der Waals surface area contributed by atoms with Crippen LogP contribution in [0, 0.1) is 5.92 Å². The van der Waals surface area contributed by atoms with E-state index < -0.39 is 6.04 Å². The summed E-state index contributed by atoms with van der Waals surface area (Å²) in [4.78, 5) is 35.5. The summed E-state index contributed by atoms with van der Waals surface area (Å²) in [5, 5.41) is 15.8. The van der Waals surface area contributed by atoms with Gasteiger partial charge in [-0.3, -0.25) is 14.5 Å². The Balaban J connectivity index is 1.26. The Kier molecular flexibility index (Phi) is 9.02. The van der Waals surface area contributed by atoms with Crippen molar-refractivity contribution in [3.63, 3.8) is 0 Å². The third-order valence-corrected chi connectivity index (χ3v) is 8.97. The van der Waals surface area contributed by atoms with Crippen LogP contribution < -0.4 is 19.5 Å². The number of ether oxygens (including phenoxy) is 3. The van der Waals surface area contributed by atoms with Crippen molar-refractivity contribution in [2.24, 2.45) is 5.92 Å². The molecule has 0 bridgehead atoms. The van der Waals surface area contributed by atoms with E-state index in [4.69, 9.17) is 14.2 Å². The Morgan fingerprint density at radius 2 is 1.96 bits per heavy atom. The Bertz CT molecular complexity index is 1660. The van der Waals surface area contributed by atoms with Crippen molar-refractivity contribution in [1.29, 1.82) is 0 Å². The van der Waals surface area contributed by atoms with Crippen molar-refractivity contribution in [2.75, 3.05) is 38.9 Å². The largest absolute Gasteiger partial charge is 0.486 e. The summed E-state index contributed by atoms with van der Waals surface area (Å²) in [6.45, 7) is 5.52. The first-order chi connectivity index (χ1) is 21.8. The number of aromatic nitrogens is 1. The van der Waals surface area contributed by atoms with Crippen molar-refractivity contribution in [2.45, 2.75) is 32.5 Å². The first-order valence-corrected chi connectivity index (χ1v) is 15.8. The van der Waals surface area contributed by atoms with Gasteiger partial charge in [-0.2, -0.15) is 0 Å². The summed E-state index contributed by atoms with van der Waals surface area (Å²) < 4.78 is 17.7. The number of thiazole rings is 1. The second-order valence-electron chi connectivity index (χ2n) is 11.6. The molecule has 0 saturated heterocycles. The monoisotopic (exact) mass is 628 g/mol. The Hall–Kier alpha value is -4.45. The van der Waals surface area contributed by atoms with Crippen LogP contribution in [0.1, 0.15) is 40.1 Å². The smallest absolute Gasteiger partial charge is 0.258 e. The number of carbonyl (C=O) groups is 2. The minimum absolute atomic E-state index is 0.0857. The van der Waals surface area contributed by atoms with Crippen molar-refractivity contribution in [3.05, 3.63) is 88.9 Å². The normalized spacial score (nSPS) is 18.2. The van der Waals surface area contributed by atoms with Gasteiger partial charge >= 0.3 is 0 Å². The van der Waals surface area contributed by atoms with E-state index in [1.807, 2.05) is 56.6 Å². The van der Waals surface area contributed by atoms with Gasteiger partial charge in [0.1, 0.15) is 11.1 Å². The molecule has 6 rings (SSSR count). The fraction of sp³-hybridized carbons (Fsp3) is 0.324. The Morgan fingerprint density at radius 3 is 2.71 bits per heavy atom. The summed E-state index contributed by atoms with van der Waals surface area (Å²) in [5.41, 5.74) is 3.21. The number of anilines is 1. The quantitative estimate of drug-likeness (QED) is 0.262. The number of nitrogens with zero attached hydrogens (tertiary/aromatic N) is 3. The summed E-state index contributed by atoms with van der Waals surface area (Å²) in [6.07, 6.45) is 1.41. The summed E-state index contributed by atoms with van der Waals surface area (Å²) in [7, 11) is 2.02. The number of likely N-dealkylation sites (N-methyl/N-ethyl adjacent to an activating group) is 1. The number of aliphatic hydroxyl groups is 1. The van der Waals surface area contributed by atoms with Crippen LogP contribution in [0.2, 0.25) is 0 Å². The molecule has 45 heavy (non-hydrogen) atoms. The van der Waals surface area contributed by atoms with E-state index in [0.29, 0.717) is 42.2 Å². The maximum Gasteiger partial charge on any atom is 0.258 e. The van der Waals surface area contributed by atoms with E-state index in [0.717, 1.165) is 27.6 Å². The van der Waals surface area contributed by atoms with E-state index >= 15 is 0 Å². The van der Waals surface area contributed by atoms with E-state index in [-0.39, 0.29) is 37.2 Å². The maximum atomic E-state index is 13.8. The molecule has 0 saturated carbocycles. The molecule has 2 aliphatic rings. The molecule has 2 aliphatic heterocycles. The van der Waals surface area contributed by atoms with Gasteiger partial charge in [-0.25, -0.2) is 4.98 Å². The van der Waals surface area contributed by atoms with Gasteiger partial charge in [0.25, 0.3) is 11.8 Å². The molecule has 3 aromatic carbocycles. The topological polar surface area (TPSA) is 113 Å². The highest BCUT2D eigenvalue weighted by Crippen LogP contribution is 2.36. The highest BCUT2D eigenvalue weighted by Gasteiger charge is 2.34. The number of carbonyl (C=O) groups excluding carboxylic acids is 2. The lowest BCUT2D eigenvalue weighted by Crippen LogP contribution is -2.49. The van der Waals surface area contributed by atoms with Crippen LogP contribution in [0.3, 0.4) is 0 Å². The molecule has 0 aliphatic carbocycles. The molecule has 0 radical (unpaired) electrons. The molecular weight excluding hydrogens is 592 g/mol. The standard InChI is InChI=1S/C34H36N4O6S/c1-21-16-38(22(2)19-39)34(41)26-5-4-6-27(36-32(40)24-8-10-25(11-9-24)33-35-13-14-45-33)31(26)44-30(21)18-37(3)17-23-7-12-28-29(15-23)43-20-42-28/h4-15,21-22,30,39H,16-20H2,1-3H3,(H,36,40)/t21-,22-,30+/m1/s1. The number of amides is 2. The van der Waals surface area contributed by atoms with Gasteiger partial charge in [-0.15, -0.1) is 11.3 Å². The van der Waals surface area contributed by atoms with Gasteiger partial charge in [-0.05, 0) is 55.9 Å². The van der Waals surface area contributed by atoms with Gasteiger partial charge in [0, 0.05) is 48.3 Å². The van der Waals surface area contributed by atoms with Gasteiger partial charge in [0.05, 0.1) is 23.9 Å². The molecule has 10 nitrogen and oxygen atoms in total. The molecule has 3 heterocycles. The molecule has 0 fully saturated rings. The zero-order valence-corrected chi connectivity index (χ0v) is 26.3. The molecule has 0 spiro atoms. The summed E-state index contributed by atoms with van der Waals surface area (Å²) >= 11 is 1.53. The second-order valence-corrected chi connectivity index (χ2v) is 12.5. The number of rotatable bonds is 9. The Labute approximate surface area is 266 Å². The van der Waals surface area contributed by atoms with Crippen LogP contribution in [-0.4, -0.2) is 77.4 Å². The van der Waals surface area contributed by atoms with Gasteiger partial charge in [-0.1, -0.05) is 31.2 Å². The first kappa shape index (κ1) is 30.6. The van der Waals surface area contributed by atoms with Crippen LogP contribution in [0.15, 0.2) is 72.2 Å². The molecule has 4 aromatic rings. The van der Waals surface area contributed by atoms with E-state index in [1.165, 1.54) is 11.3 Å². The van der Waals surface area contributed by atoms with Crippen LogP contribution in [0.25, 0.3) is 10.6 Å². The number of hydrogen-bond donors (Lipinski definition) is 2. The fourth-order valence-corrected chi connectivity index (χ4v) is 6.25. The van der Waals surface area contributed by atoms with E-state index in [9.17, 15) is 14.7 Å². The van der Waals surface area contributed by atoms with Crippen LogP contribution >= 0.6 is 11.3 Å². The first-order valence-electron chi connectivity index (χ1n) is 14.9. The number of benzene rings is 3. The number of fused-ring (bicyclic) bond motifs is 2. The Morgan fingerprint density at radius 1 is 1.16 bits per heavy atom. The molecular formula is C34H36N4O6S. The molecule has 2 amide bonds. The molecule has 11 heteroatoms. The predicted octanol–water partition coefficient (Wildman–Crippen LogP) is 5.14. The van der Waals surface area contributed by atoms with Crippen molar-refractivity contribution >= 4 is 28.8 Å². The molecule has 3 atom stereocenters. The lowest BCUT2D eigenvalue weighted by molar-refractivity contribution is 0.0343. The zero-order valence-electron chi connectivity index (χ0n) is 25.4. The zero-order chi connectivity index (χ0) is 31.5. The lowest BCUT2D eigenvalue weighted by Gasteiger charge is -2.38. The third kappa shape index (κ3) is 6.65. The molecule has 234 valence electrons. The average Bonchev–Trinajstić information content (AvgIpc) is 3.75. The summed E-state index contributed by atoms with van der Waals surface area (Å²) in [6, 6.07) is 17.9. The van der Waals surface area contributed by atoms with Gasteiger partial charge in [0.15, 0.2) is 17.2 Å². The van der Waals surface area contributed by atoms with Crippen LogP contribution in [-0.2, 0) is 6.54 Å². The van der Waals surface area contributed by atoms with E-state index in [1.54, 1.807) is 41.4 Å². The van der Waals surface area contributed by atoms with Crippen molar-refractivity contribution in [3.8, 4) is 27.8 Å². The third-order valence-electron chi connectivity index (χ3n) is 8.15. The average molecular weight is 629 g/mol. The number of nitrogens with one attached hydrogen (secondary N) is 1. The predicted molar refractivity (Wildman–Crippen MR) is 172 cm³/mol. The molecule has 2 N–H and O–H groups in total. The highest BCUT2D eigenvalue weighted by atomic mass is 32.1. The van der Waals surface area contributed by atoms with Crippen molar-refractivity contribution < 1.29 is 28.9 Å². The van der Waals surface area contributed by atoms with Crippen LogP contribution in [0.4, 0.5) is 5.69 Å². The number of aliphatic hydroxyl groups excluding tert-OH is 1. The van der Waals surface area contributed by atoms with E-state index in [2.05, 4.69) is 15.2 Å². The molecule has 0 unspecified atom stereocenters. The minimum Gasteiger partial charge on any atom is -0.486 e. The van der Waals surface area contributed by atoms with Gasteiger partial charge < -0.3 is 29.5 Å².